The van der Waals surface area contributed by atoms with Gasteiger partial charge in [-0.15, -0.1) is 10.2 Å². The predicted molar refractivity (Wildman–Crippen MR) is 90.2 cm³/mol. The zero-order valence-electron chi connectivity index (χ0n) is 12.9. The van der Waals surface area contributed by atoms with Crippen molar-refractivity contribution in [3.8, 4) is 11.4 Å². The van der Waals surface area contributed by atoms with Crippen molar-refractivity contribution in [2.45, 2.75) is 30.1 Å². The van der Waals surface area contributed by atoms with E-state index in [-0.39, 0.29) is 0 Å². The average Bonchev–Trinajstić information content (AvgIpc) is 3.23. The van der Waals surface area contributed by atoms with Crippen LogP contribution in [0.4, 0.5) is 0 Å². The summed E-state index contributed by atoms with van der Waals surface area (Å²) in [5.41, 5.74) is 2.23. The van der Waals surface area contributed by atoms with Crippen LogP contribution in [0, 0.1) is 0 Å². The summed E-state index contributed by atoms with van der Waals surface area (Å²) in [6.07, 6.45) is 3.00. The molecule has 120 valence electrons. The molecule has 6 nitrogen and oxygen atoms in total. The Bertz CT molecular complexity index is 755. The molecule has 23 heavy (non-hydrogen) atoms. The Balaban J connectivity index is 1.62. The Kier molecular flexibility index (Phi) is 5.35. The topological polar surface area (TPSA) is 77.8 Å². The van der Waals surface area contributed by atoms with E-state index < -0.39 is 0 Å². The number of hydrogen-bond donors (Lipinski definition) is 0. The van der Waals surface area contributed by atoms with Crippen LogP contribution in [0.5, 0.6) is 0 Å². The molecule has 8 heteroatoms. The van der Waals surface area contributed by atoms with Crippen LogP contribution in [0.1, 0.15) is 24.3 Å². The van der Waals surface area contributed by atoms with Gasteiger partial charge in [-0.05, 0) is 18.2 Å². The van der Waals surface area contributed by atoms with Crippen LogP contribution in [-0.4, -0.2) is 26.6 Å². The van der Waals surface area contributed by atoms with E-state index in [0.29, 0.717) is 34.3 Å². The molecule has 0 unspecified atom stereocenters. The van der Waals surface area contributed by atoms with Gasteiger partial charge in [0.2, 0.25) is 17.6 Å². The lowest BCUT2D eigenvalue weighted by molar-refractivity contribution is 0.390. The molecule has 2 aromatic heterocycles. The highest BCUT2D eigenvalue weighted by Gasteiger charge is 2.12. The van der Waals surface area contributed by atoms with Crippen molar-refractivity contribution in [2.24, 2.45) is 0 Å². The number of thioether (sulfide) groups is 2. The van der Waals surface area contributed by atoms with Crippen LogP contribution in [0.2, 0.25) is 0 Å². The Morgan fingerprint density at radius 2 is 1.87 bits per heavy atom. The normalized spacial score (nSPS) is 11.0. The van der Waals surface area contributed by atoms with E-state index in [1.807, 2.05) is 18.4 Å². The summed E-state index contributed by atoms with van der Waals surface area (Å²) in [6.45, 7) is 2.13. The van der Waals surface area contributed by atoms with Gasteiger partial charge in [0.1, 0.15) is 0 Å². The highest BCUT2D eigenvalue weighted by molar-refractivity contribution is 7.98. The van der Waals surface area contributed by atoms with Gasteiger partial charge in [-0.25, -0.2) is 0 Å². The predicted octanol–water partition coefficient (Wildman–Crippen LogP) is 3.84. The van der Waals surface area contributed by atoms with Crippen molar-refractivity contribution in [3.63, 3.8) is 0 Å². The maximum Gasteiger partial charge on any atom is 0.277 e. The van der Waals surface area contributed by atoms with Crippen molar-refractivity contribution in [1.29, 1.82) is 0 Å². The minimum atomic E-state index is 0.501. The van der Waals surface area contributed by atoms with Gasteiger partial charge < -0.3 is 8.94 Å². The van der Waals surface area contributed by atoms with Crippen LogP contribution >= 0.6 is 23.5 Å². The van der Waals surface area contributed by atoms with E-state index in [4.69, 9.17) is 8.94 Å². The minimum absolute atomic E-state index is 0.501. The quantitative estimate of drug-likeness (QED) is 0.596. The van der Waals surface area contributed by atoms with E-state index in [9.17, 15) is 0 Å². The van der Waals surface area contributed by atoms with Crippen LogP contribution in [0.25, 0.3) is 11.4 Å². The fourth-order valence-corrected chi connectivity index (χ4v) is 2.90. The molecule has 0 radical (unpaired) electrons. The molecule has 0 bridgehead atoms. The lowest BCUT2D eigenvalue weighted by atomic mass is 10.1. The second kappa shape index (κ2) is 7.65. The highest BCUT2D eigenvalue weighted by atomic mass is 32.2. The number of rotatable bonds is 7. The molecule has 3 rings (SSSR count). The third-order valence-electron chi connectivity index (χ3n) is 3.12. The molecule has 0 aliphatic carbocycles. The highest BCUT2D eigenvalue weighted by Crippen LogP contribution is 2.23. The van der Waals surface area contributed by atoms with Crippen molar-refractivity contribution >= 4 is 23.5 Å². The molecule has 0 fully saturated rings. The lowest BCUT2D eigenvalue weighted by Gasteiger charge is -1.97. The summed E-state index contributed by atoms with van der Waals surface area (Å²) in [5, 5.41) is 12.5. The second-order valence-corrected chi connectivity index (χ2v) is 6.54. The molecule has 0 N–H and O–H groups in total. The average molecular weight is 348 g/mol. The summed E-state index contributed by atoms with van der Waals surface area (Å²) in [7, 11) is 0. The molecule has 0 saturated heterocycles. The van der Waals surface area contributed by atoms with Gasteiger partial charge >= 0.3 is 0 Å². The minimum Gasteiger partial charge on any atom is -0.415 e. The van der Waals surface area contributed by atoms with Crippen molar-refractivity contribution < 1.29 is 8.94 Å². The molecule has 2 heterocycles. The van der Waals surface area contributed by atoms with Crippen molar-refractivity contribution in [3.05, 3.63) is 41.6 Å². The molecule has 0 atom stereocenters. The lowest BCUT2D eigenvalue weighted by Crippen LogP contribution is -1.84. The van der Waals surface area contributed by atoms with Crippen LogP contribution in [0.15, 0.2) is 38.4 Å². The number of hydrogen-bond acceptors (Lipinski definition) is 8. The van der Waals surface area contributed by atoms with E-state index in [1.54, 1.807) is 11.8 Å². The van der Waals surface area contributed by atoms with E-state index in [1.165, 1.54) is 17.3 Å². The van der Waals surface area contributed by atoms with Crippen LogP contribution in [0.3, 0.4) is 0 Å². The first-order valence-electron chi connectivity index (χ1n) is 7.14. The standard InChI is InChI=1S/C15H16N4O2S2/c1-3-10-4-6-11(7-5-10)14-16-12(21-19-14)9-23-15-18-17-13(20-15)8-22-2/h4-7H,3,8-9H2,1-2H3. The van der Waals surface area contributed by atoms with Crippen LogP contribution < -0.4 is 0 Å². The molecular formula is C15H16N4O2S2. The van der Waals surface area contributed by atoms with Gasteiger partial charge in [-0.2, -0.15) is 16.7 Å². The van der Waals surface area contributed by atoms with E-state index in [2.05, 4.69) is 39.4 Å². The van der Waals surface area contributed by atoms with Crippen molar-refractivity contribution in [1.82, 2.24) is 20.3 Å². The first-order valence-corrected chi connectivity index (χ1v) is 9.52. The maximum absolute atomic E-state index is 5.49. The largest absolute Gasteiger partial charge is 0.415 e. The zero-order valence-corrected chi connectivity index (χ0v) is 14.5. The number of benzene rings is 1. The summed E-state index contributed by atoms with van der Waals surface area (Å²) >= 11 is 3.03. The molecule has 0 aliphatic rings. The SMILES string of the molecule is CCc1ccc(-c2noc(CSc3nnc(CSC)o3)n2)cc1. The number of aromatic nitrogens is 4. The van der Waals surface area contributed by atoms with Crippen molar-refractivity contribution in [2.75, 3.05) is 6.26 Å². The molecule has 3 aromatic rings. The summed E-state index contributed by atoms with van der Waals surface area (Å²) in [4.78, 5) is 4.40. The summed E-state index contributed by atoms with van der Waals surface area (Å²) in [6, 6.07) is 8.16. The van der Waals surface area contributed by atoms with E-state index >= 15 is 0 Å². The smallest absolute Gasteiger partial charge is 0.277 e. The molecule has 0 saturated carbocycles. The number of aryl methyl sites for hydroxylation is 1. The Morgan fingerprint density at radius 3 is 2.61 bits per heavy atom. The molecule has 0 amide bonds. The van der Waals surface area contributed by atoms with Gasteiger partial charge in [0, 0.05) is 5.56 Å². The monoisotopic (exact) mass is 348 g/mol. The van der Waals surface area contributed by atoms with Gasteiger partial charge in [-0.1, -0.05) is 48.1 Å². The molecule has 1 aromatic carbocycles. The third-order valence-corrected chi connectivity index (χ3v) is 4.46. The number of nitrogens with zero attached hydrogens (tertiary/aromatic N) is 4. The van der Waals surface area contributed by atoms with Crippen LogP contribution in [-0.2, 0) is 17.9 Å². The summed E-state index contributed by atoms with van der Waals surface area (Å²) in [5.74, 6) is 2.97. The van der Waals surface area contributed by atoms with Gasteiger partial charge in [0.05, 0.1) is 11.5 Å². The first-order chi connectivity index (χ1) is 11.3. The maximum atomic E-state index is 5.49. The van der Waals surface area contributed by atoms with Gasteiger partial charge in [0.15, 0.2) is 0 Å². The Labute approximate surface area is 142 Å². The zero-order chi connectivity index (χ0) is 16.1. The summed E-state index contributed by atoms with van der Waals surface area (Å²) < 4.78 is 10.8. The second-order valence-electron chi connectivity index (χ2n) is 4.75. The molecular weight excluding hydrogens is 332 g/mol. The van der Waals surface area contributed by atoms with Gasteiger partial charge in [-0.3, -0.25) is 0 Å². The first kappa shape index (κ1) is 16.1. The fourth-order valence-electron chi connectivity index (χ4n) is 1.92. The molecule has 0 aliphatic heterocycles. The third kappa shape index (κ3) is 4.14. The molecule has 0 spiro atoms. The Hall–Kier alpha value is -1.80. The van der Waals surface area contributed by atoms with E-state index in [0.717, 1.165) is 12.0 Å². The fraction of sp³-hybridized carbons (Fsp3) is 0.333. The Morgan fingerprint density at radius 1 is 1.04 bits per heavy atom. The van der Waals surface area contributed by atoms with Gasteiger partial charge in [0.25, 0.3) is 5.22 Å².